The fourth-order valence-corrected chi connectivity index (χ4v) is 4.87. The molecule has 8 heteroatoms. The lowest BCUT2D eigenvalue weighted by Crippen LogP contribution is -2.40. The minimum atomic E-state index is -3.67. The number of carbonyl (C=O) groups excluding carboxylic acids is 1. The number of aryl methyl sites for hydroxylation is 1. The number of methoxy groups -OCH3 is 1. The van der Waals surface area contributed by atoms with Gasteiger partial charge < -0.3 is 14.8 Å². The van der Waals surface area contributed by atoms with E-state index in [1.54, 1.807) is 26.2 Å². The van der Waals surface area contributed by atoms with Gasteiger partial charge in [0.15, 0.2) is 0 Å². The van der Waals surface area contributed by atoms with Crippen molar-refractivity contribution in [1.29, 1.82) is 0 Å². The second-order valence-corrected chi connectivity index (χ2v) is 9.14. The Balaban J connectivity index is 1.83. The Bertz CT molecular complexity index is 983. The summed E-state index contributed by atoms with van der Waals surface area (Å²) < 4.78 is 37.8. The molecule has 162 valence electrons. The van der Waals surface area contributed by atoms with Gasteiger partial charge in [-0.15, -0.1) is 0 Å². The van der Waals surface area contributed by atoms with Crippen molar-refractivity contribution in [2.45, 2.75) is 31.2 Å². The van der Waals surface area contributed by atoms with E-state index < -0.39 is 10.0 Å². The topological polar surface area (TPSA) is 84.9 Å². The number of morpholine rings is 1. The summed E-state index contributed by atoms with van der Waals surface area (Å²) >= 11 is 0. The molecule has 1 fully saturated rings. The largest absolute Gasteiger partial charge is 0.497 e. The summed E-state index contributed by atoms with van der Waals surface area (Å²) in [6, 6.07) is 12.0. The zero-order chi connectivity index (χ0) is 21.7. The van der Waals surface area contributed by atoms with Gasteiger partial charge in [0.1, 0.15) is 5.75 Å². The maximum absolute atomic E-state index is 13.0. The van der Waals surface area contributed by atoms with Gasteiger partial charge >= 0.3 is 0 Å². The second kappa shape index (κ2) is 9.59. The summed E-state index contributed by atoms with van der Waals surface area (Å²) in [5.41, 5.74) is 2.04. The molecule has 0 spiro atoms. The van der Waals surface area contributed by atoms with E-state index in [4.69, 9.17) is 9.47 Å². The van der Waals surface area contributed by atoms with Gasteiger partial charge in [0.25, 0.3) is 5.91 Å². The lowest BCUT2D eigenvalue weighted by molar-refractivity contribution is 0.0730. The molecule has 1 heterocycles. The molecule has 1 aliphatic heterocycles. The predicted molar refractivity (Wildman–Crippen MR) is 114 cm³/mol. The monoisotopic (exact) mass is 432 g/mol. The summed E-state index contributed by atoms with van der Waals surface area (Å²) in [5, 5.41) is 3.03. The Hall–Kier alpha value is -2.42. The zero-order valence-corrected chi connectivity index (χ0v) is 18.4. The van der Waals surface area contributed by atoms with Crippen molar-refractivity contribution in [3.63, 3.8) is 0 Å². The van der Waals surface area contributed by atoms with Crippen molar-refractivity contribution in [2.24, 2.45) is 0 Å². The van der Waals surface area contributed by atoms with Gasteiger partial charge in [-0.1, -0.05) is 25.1 Å². The first kappa shape index (κ1) is 22.3. The van der Waals surface area contributed by atoms with Crippen LogP contribution in [0.2, 0.25) is 0 Å². The summed E-state index contributed by atoms with van der Waals surface area (Å²) in [7, 11) is -2.06. The first-order chi connectivity index (χ1) is 14.4. The Morgan fingerprint density at radius 3 is 2.43 bits per heavy atom. The van der Waals surface area contributed by atoms with Crippen molar-refractivity contribution in [1.82, 2.24) is 9.62 Å². The summed E-state index contributed by atoms with van der Waals surface area (Å²) in [4.78, 5) is 13.1. The summed E-state index contributed by atoms with van der Waals surface area (Å²) in [5.74, 6) is 0.450. The molecule has 0 aromatic heterocycles. The molecule has 3 rings (SSSR count). The SMILES string of the molecule is CCC(NC(=O)c1cc(S(=O)(=O)N2CCOCC2)ccc1C)c1ccc(OC)cc1. The predicted octanol–water partition coefficient (Wildman–Crippen LogP) is 2.91. The van der Waals surface area contributed by atoms with Crippen LogP contribution in [0.25, 0.3) is 0 Å². The molecular formula is C22H28N2O5S. The third kappa shape index (κ3) is 4.83. The van der Waals surface area contributed by atoms with Gasteiger partial charge in [0.2, 0.25) is 10.0 Å². The van der Waals surface area contributed by atoms with Crippen LogP contribution in [0.3, 0.4) is 0 Å². The fraction of sp³-hybridized carbons (Fsp3) is 0.409. The number of ether oxygens (including phenoxy) is 2. The fourth-order valence-electron chi connectivity index (χ4n) is 3.44. The van der Waals surface area contributed by atoms with Crippen LogP contribution in [0.4, 0.5) is 0 Å². The van der Waals surface area contributed by atoms with Crippen LogP contribution in [0.1, 0.15) is 40.9 Å². The van der Waals surface area contributed by atoms with Crippen LogP contribution in [-0.4, -0.2) is 52.0 Å². The maximum Gasteiger partial charge on any atom is 0.252 e. The third-order valence-electron chi connectivity index (χ3n) is 5.29. The molecule has 2 aromatic carbocycles. The Morgan fingerprint density at radius 2 is 1.83 bits per heavy atom. The van der Waals surface area contributed by atoms with E-state index in [0.29, 0.717) is 38.3 Å². The minimum Gasteiger partial charge on any atom is -0.497 e. The van der Waals surface area contributed by atoms with Crippen LogP contribution in [0.15, 0.2) is 47.4 Å². The first-order valence-corrected chi connectivity index (χ1v) is 11.4. The number of benzene rings is 2. The molecule has 1 N–H and O–H groups in total. The number of rotatable bonds is 7. The normalized spacial score (nSPS) is 16.1. The Kier molecular flexibility index (Phi) is 7.12. The van der Waals surface area contributed by atoms with Crippen molar-refractivity contribution in [3.8, 4) is 5.75 Å². The molecule has 0 aliphatic carbocycles. The van der Waals surface area contributed by atoms with E-state index in [1.165, 1.54) is 10.4 Å². The minimum absolute atomic E-state index is 0.123. The average molecular weight is 433 g/mol. The van der Waals surface area contributed by atoms with Crippen LogP contribution >= 0.6 is 0 Å². The number of sulfonamides is 1. The number of nitrogens with zero attached hydrogens (tertiary/aromatic N) is 1. The van der Waals surface area contributed by atoms with Gasteiger partial charge in [-0.3, -0.25) is 4.79 Å². The lowest BCUT2D eigenvalue weighted by atomic mass is 10.0. The molecule has 2 aromatic rings. The van der Waals surface area contributed by atoms with Crippen molar-refractivity contribution >= 4 is 15.9 Å². The number of amides is 1. The number of hydrogen-bond donors (Lipinski definition) is 1. The number of hydrogen-bond acceptors (Lipinski definition) is 5. The van der Waals surface area contributed by atoms with Crippen LogP contribution in [0.5, 0.6) is 5.75 Å². The van der Waals surface area contributed by atoms with Crippen LogP contribution in [-0.2, 0) is 14.8 Å². The molecule has 1 aliphatic rings. The van der Waals surface area contributed by atoms with Crippen LogP contribution in [0, 0.1) is 6.92 Å². The number of nitrogens with one attached hydrogen (secondary N) is 1. The highest BCUT2D eigenvalue weighted by atomic mass is 32.2. The molecule has 1 saturated heterocycles. The Morgan fingerprint density at radius 1 is 1.17 bits per heavy atom. The van der Waals surface area contributed by atoms with Crippen molar-refractivity contribution in [2.75, 3.05) is 33.4 Å². The van der Waals surface area contributed by atoms with E-state index in [1.807, 2.05) is 31.2 Å². The zero-order valence-electron chi connectivity index (χ0n) is 17.6. The Labute approximate surface area is 178 Å². The van der Waals surface area contributed by atoms with E-state index in [9.17, 15) is 13.2 Å². The summed E-state index contributed by atoms with van der Waals surface area (Å²) in [6.45, 7) is 5.16. The molecular weight excluding hydrogens is 404 g/mol. The third-order valence-corrected chi connectivity index (χ3v) is 7.19. The molecule has 1 amide bonds. The van der Waals surface area contributed by atoms with Gasteiger partial charge in [0.05, 0.1) is 31.3 Å². The molecule has 1 atom stereocenters. The van der Waals surface area contributed by atoms with E-state index in [0.717, 1.165) is 16.9 Å². The highest BCUT2D eigenvalue weighted by Crippen LogP contribution is 2.23. The molecule has 0 bridgehead atoms. The number of carbonyl (C=O) groups is 1. The van der Waals surface area contributed by atoms with Gasteiger partial charge in [-0.2, -0.15) is 4.31 Å². The second-order valence-electron chi connectivity index (χ2n) is 7.20. The van der Waals surface area contributed by atoms with Crippen molar-refractivity contribution in [3.05, 3.63) is 59.2 Å². The molecule has 0 radical (unpaired) electrons. The highest BCUT2D eigenvalue weighted by Gasteiger charge is 2.27. The highest BCUT2D eigenvalue weighted by molar-refractivity contribution is 7.89. The quantitative estimate of drug-likeness (QED) is 0.727. The first-order valence-electron chi connectivity index (χ1n) is 10.00. The maximum atomic E-state index is 13.0. The van der Waals surface area contributed by atoms with Gasteiger partial charge in [-0.25, -0.2) is 8.42 Å². The lowest BCUT2D eigenvalue weighted by Gasteiger charge is -2.26. The van der Waals surface area contributed by atoms with E-state index in [2.05, 4.69) is 5.32 Å². The van der Waals surface area contributed by atoms with Gasteiger partial charge in [0, 0.05) is 18.7 Å². The smallest absolute Gasteiger partial charge is 0.252 e. The average Bonchev–Trinajstić information content (AvgIpc) is 2.78. The molecule has 30 heavy (non-hydrogen) atoms. The standard InChI is InChI=1S/C22H28N2O5S/c1-4-21(17-6-8-18(28-3)9-7-17)23-22(25)20-15-19(10-5-16(20)2)30(26,27)24-11-13-29-14-12-24/h5-10,15,21H,4,11-14H2,1-3H3,(H,23,25). The van der Waals surface area contributed by atoms with Crippen molar-refractivity contribution < 1.29 is 22.7 Å². The van der Waals surface area contributed by atoms with Crippen LogP contribution < -0.4 is 10.1 Å². The molecule has 1 unspecified atom stereocenters. The summed E-state index contributed by atoms with van der Waals surface area (Å²) in [6.07, 6.45) is 0.697. The van der Waals surface area contributed by atoms with E-state index in [-0.39, 0.29) is 16.8 Å². The van der Waals surface area contributed by atoms with Gasteiger partial charge in [-0.05, 0) is 48.7 Å². The van der Waals surface area contributed by atoms with E-state index >= 15 is 0 Å². The molecule has 0 saturated carbocycles. The molecule has 7 nitrogen and oxygen atoms in total.